The van der Waals surface area contributed by atoms with E-state index in [1.165, 1.54) is 0 Å². The molecular weight excluding hydrogens is 216 g/mol. The van der Waals surface area contributed by atoms with E-state index in [4.69, 9.17) is 0 Å². The average Bonchev–Trinajstić information content (AvgIpc) is 2.22. The van der Waals surface area contributed by atoms with E-state index in [9.17, 15) is 9.59 Å². The Kier molecular flexibility index (Phi) is 11.1. The van der Waals surface area contributed by atoms with Crippen LogP contribution in [0.1, 0.15) is 32.6 Å². The number of hydrogen-bond donors (Lipinski definition) is 0. The second-order valence-electron chi connectivity index (χ2n) is 2.91. The zero-order valence-corrected chi connectivity index (χ0v) is 10.2. The Balaban J connectivity index is 3.32. The molecule has 0 fully saturated rings. The van der Waals surface area contributed by atoms with Gasteiger partial charge in [-0.15, -0.1) is 23.5 Å². The van der Waals surface area contributed by atoms with Gasteiger partial charge in [0.15, 0.2) is 0 Å². The van der Waals surface area contributed by atoms with Crippen LogP contribution in [0.2, 0.25) is 0 Å². The second kappa shape index (κ2) is 11.1. The minimum absolute atomic E-state index is 0.0891. The van der Waals surface area contributed by atoms with Crippen molar-refractivity contribution in [2.45, 2.75) is 37.2 Å². The van der Waals surface area contributed by atoms with Gasteiger partial charge in [0.05, 0.1) is 0 Å². The summed E-state index contributed by atoms with van der Waals surface area (Å²) in [4.78, 5) is 20.7. The maximum atomic E-state index is 10.6. The van der Waals surface area contributed by atoms with Crippen LogP contribution in [0.5, 0.6) is 0 Å². The molecule has 0 saturated carbocycles. The lowest BCUT2D eigenvalue weighted by atomic mass is 10.3. The minimum atomic E-state index is 0.0891. The number of hydrogen-bond acceptors (Lipinski definition) is 4. The van der Waals surface area contributed by atoms with Crippen molar-refractivity contribution in [2.24, 2.45) is 0 Å². The summed E-state index contributed by atoms with van der Waals surface area (Å²) in [6, 6.07) is 0. The molecule has 0 radical (unpaired) electrons. The highest BCUT2D eigenvalue weighted by Crippen LogP contribution is 2.23. The molecule has 0 bridgehead atoms. The van der Waals surface area contributed by atoms with Crippen molar-refractivity contribution in [3.63, 3.8) is 0 Å². The molecule has 0 aliphatic rings. The molecule has 1 atom stereocenters. The largest absolute Gasteiger partial charge is 0.303 e. The van der Waals surface area contributed by atoms with Crippen LogP contribution in [0.25, 0.3) is 0 Å². The van der Waals surface area contributed by atoms with E-state index in [2.05, 4.69) is 6.92 Å². The fraction of sp³-hybridized carbons (Fsp3) is 0.800. The fourth-order valence-electron chi connectivity index (χ4n) is 0.890. The number of carbonyl (C=O) groups excluding carboxylic acids is 2. The molecule has 0 saturated heterocycles. The maximum Gasteiger partial charge on any atom is 0.142 e. The van der Waals surface area contributed by atoms with Gasteiger partial charge in [0, 0.05) is 6.42 Å². The summed E-state index contributed by atoms with van der Waals surface area (Å²) in [5.74, 6) is 2.03. The normalized spacial score (nSPS) is 12.4. The van der Waals surface area contributed by atoms with Crippen LogP contribution in [-0.4, -0.2) is 28.7 Å². The van der Waals surface area contributed by atoms with Crippen LogP contribution in [0, 0.1) is 0 Å². The Labute approximate surface area is 94.6 Å². The van der Waals surface area contributed by atoms with E-state index < -0.39 is 0 Å². The van der Waals surface area contributed by atoms with Gasteiger partial charge < -0.3 is 9.59 Å². The highest BCUT2D eigenvalue weighted by atomic mass is 32.2. The molecule has 0 rings (SSSR count). The van der Waals surface area contributed by atoms with Crippen molar-refractivity contribution < 1.29 is 9.59 Å². The third kappa shape index (κ3) is 8.63. The second-order valence-corrected chi connectivity index (χ2v) is 5.71. The zero-order valence-electron chi connectivity index (χ0n) is 8.61. The Morgan fingerprint density at radius 2 is 1.86 bits per heavy atom. The molecule has 82 valence electrons. The van der Waals surface area contributed by atoms with Crippen molar-refractivity contribution in [1.29, 1.82) is 0 Å². The molecule has 4 heteroatoms. The first-order chi connectivity index (χ1) is 6.85. The lowest BCUT2D eigenvalue weighted by Crippen LogP contribution is -2.00. The average molecular weight is 234 g/mol. The lowest BCUT2D eigenvalue weighted by molar-refractivity contribution is -0.108. The molecule has 14 heavy (non-hydrogen) atoms. The van der Waals surface area contributed by atoms with E-state index in [-0.39, 0.29) is 4.58 Å². The Bertz CT molecular complexity index is 151. The van der Waals surface area contributed by atoms with Gasteiger partial charge in [-0.2, -0.15) is 0 Å². The van der Waals surface area contributed by atoms with Crippen molar-refractivity contribution >= 4 is 36.1 Å². The van der Waals surface area contributed by atoms with E-state index in [0.717, 1.165) is 43.3 Å². The number of carbonyl (C=O) groups is 2. The van der Waals surface area contributed by atoms with Crippen LogP contribution in [-0.2, 0) is 9.59 Å². The molecule has 2 nitrogen and oxygen atoms in total. The molecule has 0 heterocycles. The van der Waals surface area contributed by atoms with Gasteiger partial charge in [-0.05, 0) is 30.8 Å². The van der Waals surface area contributed by atoms with Crippen molar-refractivity contribution in [1.82, 2.24) is 0 Å². The Morgan fingerprint density at radius 1 is 1.14 bits per heavy atom. The van der Waals surface area contributed by atoms with Crippen LogP contribution in [0.4, 0.5) is 0 Å². The first kappa shape index (κ1) is 14.0. The van der Waals surface area contributed by atoms with Crippen LogP contribution in [0.15, 0.2) is 0 Å². The van der Waals surface area contributed by atoms with Crippen molar-refractivity contribution in [3.05, 3.63) is 0 Å². The molecule has 1 unspecified atom stereocenters. The summed E-state index contributed by atoms with van der Waals surface area (Å²) >= 11 is 3.40. The van der Waals surface area contributed by atoms with Gasteiger partial charge >= 0.3 is 0 Å². The van der Waals surface area contributed by atoms with Crippen molar-refractivity contribution in [3.8, 4) is 0 Å². The molecule has 0 aromatic rings. The van der Waals surface area contributed by atoms with Crippen LogP contribution >= 0.6 is 23.5 Å². The highest BCUT2D eigenvalue weighted by molar-refractivity contribution is 8.17. The lowest BCUT2D eigenvalue weighted by Gasteiger charge is -2.08. The van der Waals surface area contributed by atoms with E-state index in [1.807, 2.05) is 0 Å². The van der Waals surface area contributed by atoms with E-state index in [0.29, 0.717) is 6.42 Å². The molecule has 0 aromatic heterocycles. The highest BCUT2D eigenvalue weighted by Gasteiger charge is 2.06. The fourth-order valence-corrected chi connectivity index (χ4v) is 3.08. The summed E-state index contributed by atoms with van der Waals surface area (Å²) < 4.78 is 0.0891. The number of aldehydes is 2. The molecule has 0 aromatic carbocycles. The van der Waals surface area contributed by atoms with Gasteiger partial charge in [-0.3, -0.25) is 0 Å². The van der Waals surface area contributed by atoms with Gasteiger partial charge in [0.2, 0.25) is 0 Å². The summed E-state index contributed by atoms with van der Waals surface area (Å²) in [6.07, 6.45) is 5.70. The first-order valence-corrected chi connectivity index (χ1v) is 7.07. The molecule has 0 aliphatic carbocycles. The first-order valence-electron chi connectivity index (χ1n) is 4.97. The molecular formula is C10H18O2S2. The van der Waals surface area contributed by atoms with E-state index in [1.54, 1.807) is 23.5 Å². The van der Waals surface area contributed by atoms with Crippen LogP contribution < -0.4 is 0 Å². The summed E-state index contributed by atoms with van der Waals surface area (Å²) in [5.41, 5.74) is 0. The molecule has 0 N–H and O–H groups in total. The standard InChI is InChI=1S/C10H18O2S2/c1-2-7-13-10(9-12)14-8-5-3-4-6-11/h6,9-10H,2-5,7-8H2,1H3. The SMILES string of the molecule is CCCSC(C=O)SCCCCC=O. The molecule has 0 spiro atoms. The summed E-state index contributed by atoms with van der Waals surface area (Å²) in [5, 5.41) is 0. The van der Waals surface area contributed by atoms with Crippen LogP contribution in [0.3, 0.4) is 0 Å². The Hall–Kier alpha value is 0.0400. The molecule has 0 amide bonds. The maximum absolute atomic E-state index is 10.6. The third-order valence-corrected chi connectivity index (χ3v) is 4.46. The predicted molar refractivity (Wildman–Crippen MR) is 65.0 cm³/mol. The number of thioether (sulfide) groups is 2. The number of rotatable bonds is 10. The van der Waals surface area contributed by atoms with Gasteiger partial charge in [0.1, 0.15) is 17.2 Å². The Morgan fingerprint density at radius 3 is 2.43 bits per heavy atom. The topological polar surface area (TPSA) is 34.1 Å². The summed E-state index contributed by atoms with van der Waals surface area (Å²) in [6.45, 7) is 2.11. The predicted octanol–water partition coefficient (Wildman–Crippen LogP) is 2.76. The van der Waals surface area contributed by atoms with Gasteiger partial charge in [0.25, 0.3) is 0 Å². The van der Waals surface area contributed by atoms with Crippen molar-refractivity contribution in [2.75, 3.05) is 11.5 Å². The minimum Gasteiger partial charge on any atom is -0.303 e. The summed E-state index contributed by atoms with van der Waals surface area (Å²) in [7, 11) is 0. The quantitative estimate of drug-likeness (QED) is 0.331. The van der Waals surface area contributed by atoms with Gasteiger partial charge in [-0.25, -0.2) is 0 Å². The third-order valence-electron chi connectivity index (χ3n) is 1.60. The van der Waals surface area contributed by atoms with Gasteiger partial charge in [-0.1, -0.05) is 6.92 Å². The molecule has 0 aliphatic heterocycles. The number of unbranched alkanes of at least 4 members (excludes halogenated alkanes) is 2. The zero-order chi connectivity index (χ0) is 10.6. The smallest absolute Gasteiger partial charge is 0.142 e. The van der Waals surface area contributed by atoms with E-state index >= 15 is 0 Å². The monoisotopic (exact) mass is 234 g/mol.